The Morgan fingerprint density at radius 1 is 1.20 bits per heavy atom. The van der Waals surface area contributed by atoms with Gasteiger partial charge in [0, 0.05) is 43.7 Å². The van der Waals surface area contributed by atoms with Gasteiger partial charge in [0.2, 0.25) is 0 Å². The van der Waals surface area contributed by atoms with Crippen molar-refractivity contribution in [2.75, 3.05) is 36.5 Å². The molecular weight excluding hydrogens is 314 g/mol. The van der Waals surface area contributed by atoms with Crippen LogP contribution in [0.2, 0.25) is 0 Å². The summed E-state index contributed by atoms with van der Waals surface area (Å²) in [5, 5.41) is 12.3. The zero-order valence-electron chi connectivity index (χ0n) is 15.5. The Bertz CT molecular complexity index is 597. The number of aliphatic hydroxyl groups excluding tert-OH is 1. The second-order valence-corrected chi connectivity index (χ2v) is 7.58. The number of aryl methyl sites for hydroxylation is 1. The average molecular weight is 345 g/mol. The zero-order valence-corrected chi connectivity index (χ0v) is 15.5. The molecule has 0 saturated carbocycles. The number of benzene rings is 1. The van der Waals surface area contributed by atoms with Crippen LogP contribution in [0.1, 0.15) is 44.6 Å². The van der Waals surface area contributed by atoms with Gasteiger partial charge in [-0.05, 0) is 75.6 Å². The monoisotopic (exact) mass is 345 g/mol. The van der Waals surface area contributed by atoms with E-state index in [1.807, 2.05) is 11.0 Å². The maximum absolute atomic E-state index is 12.5. The van der Waals surface area contributed by atoms with Crippen molar-refractivity contribution in [3.05, 3.63) is 23.8 Å². The molecule has 1 unspecified atom stereocenters. The highest BCUT2D eigenvalue weighted by Crippen LogP contribution is 2.28. The molecule has 2 amide bonds. The van der Waals surface area contributed by atoms with Gasteiger partial charge in [-0.15, -0.1) is 0 Å². The maximum Gasteiger partial charge on any atom is 0.321 e. The molecule has 1 aromatic carbocycles. The molecule has 0 radical (unpaired) electrons. The quantitative estimate of drug-likeness (QED) is 0.880. The molecule has 0 bridgehead atoms. The molecule has 2 aliphatic heterocycles. The third-order valence-corrected chi connectivity index (χ3v) is 5.75. The molecule has 25 heavy (non-hydrogen) atoms. The minimum Gasteiger partial charge on any atom is -0.396 e. The molecule has 5 nitrogen and oxygen atoms in total. The molecule has 1 atom stereocenters. The van der Waals surface area contributed by atoms with Gasteiger partial charge in [-0.1, -0.05) is 0 Å². The van der Waals surface area contributed by atoms with Gasteiger partial charge in [0.25, 0.3) is 0 Å². The number of carbonyl (C=O) groups is 1. The first-order valence-electron chi connectivity index (χ1n) is 9.62. The van der Waals surface area contributed by atoms with Crippen molar-refractivity contribution in [2.24, 2.45) is 5.92 Å². The van der Waals surface area contributed by atoms with E-state index in [1.165, 1.54) is 24.9 Å². The van der Waals surface area contributed by atoms with Crippen LogP contribution in [0.5, 0.6) is 0 Å². The first-order chi connectivity index (χ1) is 12.1. The fourth-order valence-electron chi connectivity index (χ4n) is 3.96. The van der Waals surface area contributed by atoms with E-state index in [4.69, 9.17) is 0 Å². The smallest absolute Gasteiger partial charge is 0.321 e. The molecule has 1 aromatic rings. The molecule has 138 valence electrons. The van der Waals surface area contributed by atoms with E-state index in [-0.39, 0.29) is 12.6 Å². The van der Waals surface area contributed by atoms with Crippen LogP contribution in [0.25, 0.3) is 0 Å². The number of likely N-dealkylation sites (tertiary alicyclic amines) is 1. The van der Waals surface area contributed by atoms with Gasteiger partial charge in [-0.25, -0.2) is 4.79 Å². The minimum atomic E-state index is -0.0291. The summed E-state index contributed by atoms with van der Waals surface area (Å²) in [7, 11) is 0. The molecule has 5 heteroatoms. The molecule has 2 heterocycles. The van der Waals surface area contributed by atoms with Crippen molar-refractivity contribution in [3.8, 4) is 0 Å². The Labute approximate surface area is 151 Å². The highest BCUT2D eigenvalue weighted by atomic mass is 16.3. The third-order valence-electron chi connectivity index (χ3n) is 5.75. The number of anilines is 2. The molecule has 0 spiro atoms. The first kappa shape index (κ1) is 18.1. The molecule has 2 fully saturated rings. The van der Waals surface area contributed by atoms with Gasteiger partial charge in [-0.3, -0.25) is 0 Å². The topological polar surface area (TPSA) is 55.8 Å². The predicted molar refractivity (Wildman–Crippen MR) is 102 cm³/mol. The van der Waals surface area contributed by atoms with E-state index < -0.39 is 0 Å². The van der Waals surface area contributed by atoms with Crippen molar-refractivity contribution < 1.29 is 9.90 Å². The normalized spacial score (nSPS) is 22.1. The number of hydrogen-bond acceptors (Lipinski definition) is 3. The largest absolute Gasteiger partial charge is 0.396 e. The standard InChI is InChI=1S/C20H31N3O2/c1-15-13-18(23-10-4-3-5-16(23)2)6-7-19(15)21-20(25)22-11-8-17(14-24)9-12-22/h6-7,13,16-17,24H,3-5,8-12,14H2,1-2H3,(H,21,25). The highest BCUT2D eigenvalue weighted by molar-refractivity contribution is 5.90. The van der Waals surface area contributed by atoms with Gasteiger partial charge in [0.1, 0.15) is 0 Å². The number of nitrogens with one attached hydrogen (secondary N) is 1. The van der Waals surface area contributed by atoms with Crippen molar-refractivity contribution in [1.82, 2.24) is 4.90 Å². The van der Waals surface area contributed by atoms with Crippen molar-refractivity contribution in [2.45, 2.75) is 52.0 Å². The average Bonchev–Trinajstić information content (AvgIpc) is 2.64. The summed E-state index contributed by atoms with van der Waals surface area (Å²) in [6.07, 6.45) is 5.59. The Balaban J connectivity index is 1.62. The van der Waals surface area contributed by atoms with Crippen LogP contribution in [-0.4, -0.2) is 48.3 Å². The van der Waals surface area contributed by atoms with E-state index in [0.29, 0.717) is 12.0 Å². The molecule has 3 rings (SSSR count). The van der Waals surface area contributed by atoms with Crippen molar-refractivity contribution >= 4 is 17.4 Å². The summed E-state index contributed by atoms with van der Waals surface area (Å²) >= 11 is 0. The van der Waals surface area contributed by atoms with E-state index in [2.05, 4.69) is 36.2 Å². The number of urea groups is 1. The van der Waals surface area contributed by atoms with Gasteiger partial charge in [-0.2, -0.15) is 0 Å². The van der Waals surface area contributed by atoms with Crippen molar-refractivity contribution in [1.29, 1.82) is 0 Å². The Morgan fingerprint density at radius 2 is 1.96 bits per heavy atom. The second kappa shape index (κ2) is 8.09. The number of aliphatic hydroxyl groups is 1. The number of hydrogen-bond donors (Lipinski definition) is 2. The number of rotatable bonds is 3. The van der Waals surface area contributed by atoms with Crippen LogP contribution in [0.15, 0.2) is 18.2 Å². The van der Waals surface area contributed by atoms with Crippen LogP contribution in [0, 0.1) is 12.8 Å². The fourth-order valence-corrected chi connectivity index (χ4v) is 3.96. The molecule has 2 saturated heterocycles. The van der Waals surface area contributed by atoms with Crippen LogP contribution in [0.4, 0.5) is 16.2 Å². The van der Waals surface area contributed by atoms with Crippen LogP contribution in [-0.2, 0) is 0 Å². The summed E-state index contributed by atoms with van der Waals surface area (Å²) in [5.41, 5.74) is 3.25. The lowest BCUT2D eigenvalue weighted by Crippen LogP contribution is -2.41. The Morgan fingerprint density at radius 3 is 2.60 bits per heavy atom. The SMILES string of the molecule is Cc1cc(N2CCCCC2C)ccc1NC(=O)N1CCC(CO)CC1. The van der Waals surface area contributed by atoms with E-state index in [0.717, 1.165) is 43.7 Å². The summed E-state index contributed by atoms with van der Waals surface area (Å²) < 4.78 is 0. The van der Waals surface area contributed by atoms with Crippen LogP contribution in [0.3, 0.4) is 0 Å². The van der Waals surface area contributed by atoms with E-state index >= 15 is 0 Å². The number of nitrogens with zero attached hydrogens (tertiary/aromatic N) is 2. The maximum atomic E-state index is 12.5. The van der Waals surface area contributed by atoms with Gasteiger partial charge < -0.3 is 20.2 Å². The number of amides is 2. The van der Waals surface area contributed by atoms with Crippen LogP contribution < -0.4 is 10.2 Å². The summed E-state index contributed by atoms with van der Waals surface area (Å²) in [6.45, 7) is 7.14. The molecular formula is C20H31N3O2. The number of piperidine rings is 2. The van der Waals surface area contributed by atoms with E-state index in [9.17, 15) is 9.90 Å². The minimum absolute atomic E-state index is 0.0291. The zero-order chi connectivity index (χ0) is 17.8. The van der Waals surface area contributed by atoms with Gasteiger partial charge in [0.05, 0.1) is 0 Å². The van der Waals surface area contributed by atoms with Gasteiger partial charge in [0.15, 0.2) is 0 Å². The molecule has 2 N–H and O–H groups in total. The van der Waals surface area contributed by atoms with E-state index in [1.54, 1.807) is 0 Å². The summed E-state index contributed by atoms with van der Waals surface area (Å²) in [4.78, 5) is 16.8. The lowest BCUT2D eigenvalue weighted by Gasteiger charge is -2.36. The van der Waals surface area contributed by atoms with Crippen LogP contribution >= 0.6 is 0 Å². The van der Waals surface area contributed by atoms with Crippen molar-refractivity contribution in [3.63, 3.8) is 0 Å². The highest BCUT2D eigenvalue weighted by Gasteiger charge is 2.23. The third kappa shape index (κ3) is 4.27. The Hall–Kier alpha value is -1.75. The predicted octanol–water partition coefficient (Wildman–Crippen LogP) is 3.61. The Kier molecular flexibility index (Phi) is 5.84. The lowest BCUT2D eigenvalue weighted by molar-refractivity contribution is 0.143. The molecule has 0 aromatic heterocycles. The summed E-state index contributed by atoms with van der Waals surface area (Å²) in [5.74, 6) is 0.344. The fraction of sp³-hybridized carbons (Fsp3) is 0.650. The first-order valence-corrected chi connectivity index (χ1v) is 9.62. The molecule has 2 aliphatic rings. The number of carbonyl (C=O) groups excluding carboxylic acids is 1. The molecule has 0 aliphatic carbocycles. The van der Waals surface area contributed by atoms with Gasteiger partial charge >= 0.3 is 6.03 Å². The second-order valence-electron chi connectivity index (χ2n) is 7.58. The summed E-state index contributed by atoms with van der Waals surface area (Å²) in [6, 6.07) is 6.90. The lowest BCUT2D eigenvalue weighted by atomic mass is 9.98.